The van der Waals surface area contributed by atoms with Crippen molar-refractivity contribution in [3.05, 3.63) is 40.3 Å². The van der Waals surface area contributed by atoms with E-state index >= 15 is 0 Å². The highest BCUT2D eigenvalue weighted by atomic mass is 32.1. The molecule has 0 bridgehead atoms. The molecular weight excluding hydrogens is 362 g/mol. The highest BCUT2D eigenvalue weighted by molar-refractivity contribution is 7.80. The van der Waals surface area contributed by atoms with E-state index in [1.807, 2.05) is 6.92 Å². The van der Waals surface area contributed by atoms with Crippen LogP contribution in [0.5, 0.6) is 0 Å². The molecule has 3 rings (SSSR count). The third kappa shape index (κ3) is 4.27. The number of hydrogen-bond acceptors (Lipinski definition) is 4. The van der Waals surface area contributed by atoms with Gasteiger partial charge in [0, 0.05) is 18.0 Å². The number of aryl methyl sites for hydroxylation is 1. The summed E-state index contributed by atoms with van der Waals surface area (Å²) >= 11 is 5.31. The van der Waals surface area contributed by atoms with Gasteiger partial charge in [0.15, 0.2) is 10.8 Å². The molecule has 1 aromatic carbocycles. The van der Waals surface area contributed by atoms with Crippen LogP contribution in [-0.2, 0) is 6.54 Å². The molecule has 0 saturated heterocycles. The Kier molecular flexibility index (Phi) is 6.05. The van der Waals surface area contributed by atoms with E-state index in [9.17, 15) is 9.59 Å². The minimum atomic E-state index is -0.436. The number of fused-ring (bicyclic) bond motifs is 1. The minimum absolute atomic E-state index is 0.188. The van der Waals surface area contributed by atoms with E-state index in [0.29, 0.717) is 34.4 Å². The fourth-order valence-corrected chi connectivity index (χ4v) is 3.73. The molecule has 0 radical (unpaired) electrons. The third-order valence-corrected chi connectivity index (χ3v) is 5.32. The predicted molar refractivity (Wildman–Crippen MR) is 109 cm³/mol. The van der Waals surface area contributed by atoms with Gasteiger partial charge in [0.2, 0.25) is 0 Å². The zero-order valence-electron chi connectivity index (χ0n) is 15.6. The Morgan fingerprint density at radius 2 is 1.93 bits per heavy atom. The molecule has 1 aliphatic carbocycles. The Hall–Kier alpha value is -2.48. The summed E-state index contributed by atoms with van der Waals surface area (Å²) in [5, 5.41) is 8.86. The van der Waals surface area contributed by atoms with Crippen molar-refractivity contribution in [1.82, 2.24) is 25.9 Å². The van der Waals surface area contributed by atoms with Crippen molar-refractivity contribution in [3.63, 3.8) is 0 Å². The van der Waals surface area contributed by atoms with E-state index < -0.39 is 5.91 Å². The monoisotopic (exact) mass is 387 g/mol. The lowest BCUT2D eigenvalue weighted by molar-refractivity contribution is 0.0938. The van der Waals surface area contributed by atoms with E-state index in [2.05, 4.69) is 28.2 Å². The van der Waals surface area contributed by atoms with Gasteiger partial charge in [-0.1, -0.05) is 38.0 Å². The molecule has 1 fully saturated rings. The van der Waals surface area contributed by atoms with Gasteiger partial charge in [-0.3, -0.25) is 20.4 Å². The first kappa shape index (κ1) is 19.3. The Bertz CT molecular complexity index is 911. The number of nitrogens with one attached hydrogen (secondary N) is 3. The number of rotatable bonds is 3. The van der Waals surface area contributed by atoms with Gasteiger partial charge >= 0.3 is 0 Å². The van der Waals surface area contributed by atoms with Crippen molar-refractivity contribution in [2.24, 2.45) is 5.92 Å². The topological polar surface area (TPSA) is 88.1 Å². The molecule has 8 heteroatoms. The smallest absolute Gasteiger partial charge is 0.290 e. The van der Waals surface area contributed by atoms with Crippen LogP contribution < -0.4 is 21.7 Å². The number of carbonyl (C=O) groups is 1. The molecule has 2 atom stereocenters. The molecule has 0 spiro atoms. The van der Waals surface area contributed by atoms with Crippen molar-refractivity contribution < 1.29 is 4.79 Å². The van der Waals surface area contributed by atoms with Gasteiger partial charge in [-0.05, 0) is 44.0 Å². The van der Waals surface area contributed by atoms with Crippen molar-refractivity contribution in [1.29, 1.82) is 0 Å². The summed E-state index contributed by atoms with van der Waals surface area (Å²) in [6, 6.07) is 7.29. The number of amides is 1. The average Bonchev–Trinajstić information content (AvgIpc) is 2.68. The van der Waals surface area contributed by atoms with Gasteiger partial charge in [-0.25, -0.2) is 4.68 Å². The summed E-state index contributed by atoms with van der Waals surface area (Å²) in [5.41, 5.74) is 5.34. The summed E-state index contributed by atoms with van der Waals surface area (Å²) in [6.45, 7) is 4.41. The number of thiocarbonyl (C=S) groups is 1. The number of nitrogens with zero attached hydrogens (tertiary/aromatic N) is 2. The molecule has 2 aromatic rings. The van der Waals surface area contributed by atoms with E-state index in [1.54, 1.807) is 24.3 Å². The summed E-state index contributed by atoms with van der Waals surface area (Å²) in [5.74, 6) is 0.113. The molecule has 1 heterocycles. The predicted octanol–water partition coefficient (Wildman–Crippen LogP) is 2.10. The number of carbonyl (C=O) groups excluding carboxylic acids is 1. The zero-order chi connectivity index (χ0) is 19.4. The van der Waals surface area contributed by atoms with E-state index in [-0.39, 0.29) is 11.3 Å². The van der Waals surface area contributed by atoms with Gasteiger partial charge < -0.3 is 5.32 Å². The van der Waals surface area contributed by atoms with Gasteiger partial charge in [-0.15, -0.1) is 0 Å². The van der Waals surface area contributed by atoms with Gasteiger partial charge in [0.1, 0.15) is 0 Å². The zero-order valence-corrected chi connectivity index (χ0v) is 16.4. The second-order valence-electron chi connectivity index (χ2n) is 6.94. The standard InChI is InChI=1S/C19H25N5O2S/c1-3-24-18(26)14-10-6-5-9-13(14)16(23-24)17(25)21-22-19(27)20-15-11-7-4-8-12(15)2/h5-6,9-10,12,15H,3-4,7-8,11H2,1-2H3,(H,21,25)(H2,20,22,27)/t12-,15-/m0/s1. The summed E-state index contributed by atoms with van der Waals surface area (Å²) < 4.78 is 1.29. The molecule has 1 amide bonds. The van der Waals surface area contributed by atoms with Gasteiger partial charge in [0.05, 0.1) is 5.39 Å². The van der Waals surface area contributed by atoms with Crippen LogP contribution in [0.25, 0.3) is 10.8 Å². The summed E-state index contributed by atoms with van der Waals surface area (Å²) in [7, 11) is 0. The first-order valence-corrected chi connectivity index (χ1v) is 9.78. The van der Waals surface area contributed by atoms with Crippen LogP contribution in [0.2, 0.25) is 0 Å². The SMILES string of the molecule is CCn1nc(C(=O)NNC(=S)N[C@H]2CCCC[C@@H]2C)c2ccccc2c1=O. The second kappa shape index (κ2) is 8.47. The molecule has 7 nitrogen and oxygen atoms in total. The van der Waals surface area contributed by atoms with Crippen LogP contribution >= 0.6 is 12.2 Å². The van der Waals surface area contributed by atoms with Gasteiger partial charge in [0.25, 0.3) is 11.5 Å². The normalized spacial score (nSPS) is 19.5. The Morgan fingerprint density at radius 1 is 1.22 bits per heavy atom. The molecule has 27 heavy (non-hydrogen) atoms. The van der Waals surface area contributed by atoms with Crippen LogP contribution in [0.3, 0.4) is 0 Å². The molecule has 0 unspecified atom stereocenters. The maximum atomic E-state index is 12.7. The Morgan fingerprint density at radius 3 is 2.63 bits per heavy atom. The average molecular weight is 388 g/mol. The van der Waals surface area contributed by atoms with Crippen LogP contribution in [0.15, 0.2) is 29.1 Å². The van der Waals surface area contributed by atoms with E-state index in [0.717, 1.165) is 6.42 Å². The highest BCUT2D eigenvalue weighted by Gasteiger charge is 2.22. The van der Waals surface area contributed by atoms with Gasteiger partial charge in [-0.2, -0.15) is 5.10 Å². The van der Waals surface area contributed by atoms with Crippen LogP contribution in [0, 0.1) is 5.92 Å². The lowest BCUT2D eigenvalue weighted by atomic mass is 9.86. The third-order valence-electron chi connectivity index (χ3n) is 5.10. The molecule has 3 N–H and O–H groups in total. The number of benzene rings is 1. The summed E-state index contributed by atoms with van der Waals surface area (Å²) in [6.07, 6.45) is 4.69. The fraction of sp³-hybridized carbons (Fsp3) is 0.474. The fourth-order valence-electron chi connectivity index (χ4n) is 3.53. The quantitative estimate of drug-likeness (QED) is 0.552. The first-order chi connectivity index (χ1) is 13.0. The number of hydrogen-bond donors (Lipinski definition) is 3. The van der Waals surface area contributed by atoms with Crippen molar-refractivity contribution in [2.45, 2.75) is 52.1 Å². The maximum Gasteiger partial charge on any atom is 0.290 e. The molecular formula is C19H25N5O2S. The van der Waals surface area contributed by atoms with Crippen molar-refractivity contribution in [3.8, 4) is 0 Å². The Labute approximate surface area is 163 Å². The van der Waals surface area contributed by atoms with Crippen LogP contribution in [-0.4, -0.2) is 26.8 Å². The first-order valence-electron chi connectivity index (χ1n) is 9.38. The Balaban J connectivity index is 1.72. The molecule has 144 valence electrons. The summed E-state index contributed by atoms with van der Waals surface area (Å²) in [4.78, 5) is 25.0. The van der Waals surface area contributed by atoms with E-state index in [4.69, 9.17) is 12.2 Å². The number of aromatic nitrogens is 2. The molecule has 1 aliphatic rings. The largest absolute Gasteiger partial charge is 0.358 e. The van der Waals surface area contributed by atoms with Crippen LogP contribution in [0.1, 0.15) is 50.0 Å². The minimum Gasteiger partial charge on any atom is -0.358 e. The lowest BCUT2D eigenvalue weighted by Gasteiger charge is -2.30. The second-order valence-corrected chi connectivity index (χ2v) is 7.34. The maximum absolute atomic E-state index is 12.7. The lowest BCUT2D eigenvalue weighted by Crippen LogP contribution is -2.51. The molecule has 1 aromatic heterocycles. The van der Waals surface area contributed by atoms with Crippen molar-refractivity contribution >= 4 is 34.0 Å². The van der Waals surface area contributed by atoms with E-state index in [1.165, 1.54) is 23.9 Å². The molecule has 0 aliphatic heterocycles. The number of hydrazine groups is 1. The van der Waals surface area contributed by atoms with Crippen LogP contribution in [0.4, 0.5) is 0 Å². The van der Waals surface area contributed by atoms with Crippen molar-refractivity contribution in [2.75, 3.05) is 0 Å². The molecule has 1 saturated carbocycles. The highest BCUT2D eigenvalue weighted by Crippen LogP contribution is 2.23.